The number of piperidine rings is 1. The average molecular weight is 295 g/mol. The number of aliphatic hydroxyl groups is 3. The van der Waals surface area contributed by atoms with Crippen LogP contribution in [0.15, 0.2) is 18.2 Å². The van der Waals surface area contributed by atoms with Gasteiger partial charge in [-0.05, 0) is 37.6 Å². The number of hydrogen-bond donors (Lipinski definition) is 3. The summed E-state index contributed by atoms with van der Waals surface area (Å²) < 4.78 is 5.48. The molecule has 2 rings (SSSR count). The van der Waals surface area contributed by atoms with Gasteiger partial charge in [-0.15, -0.1) is 0 Å². The molecule has 0 radical (unpaired) electrons. The topological polar surface area (TPSA) is 73.2 Å². The molecule has 118 valence electrons. The zero-order chi connectivity index (χ0) is 15.2. The van der Waals surface area contributed by atoms with E-state index >= 15 is 0 Å². The molecule has 1 heterocycles. The lowest BCUT2D eigenvalue weighted by atomic mass is 9.94. The first-order valence-electron chi connectivity index (χ1n) is 7.54. The van der Waals surface area contributed by atoms with Crippen molar-refractivity contribution in [1.82, 2.24) is 4.90 Å². The Labute approximate surface area is 125 Å². The Morgan fingerprint density at radius 1 is 1.33 bits per heavy atom. The van der Waals surface area contributed by atoms with Crippen LogP contribution in [-0.4, -0.2) is 52.6 Å². The molecule has 0 bridgehead atoms. The second-order valence-corrected chi connectivity index (χ2v) is 5.57. The Bertz CT molecular complexity index is 452. The van der Waals surface area contributed by atoms with Gasteiger partial charge in [-0.25, -0.2) is 0 Å². The average Bonchev–Trinajstić information content (AvgIpc) is 2.49. The van der Waals surface area contributed by atoms with Gasteiger partial charge in [-0.3, -0.25) is 4.90 Å². The molecule has 1 aromatic rings. The number of aliphatic hydroxyl groups excluding tert-OH is 3. The van der Waals surface area contributed by atoms with Crippen LogP contribution in [0.4, 0.5) is 0 Å². The molecule has 5 nitrogen and oxygen atoms in total. The lowest BCUT2D eigenvalue weighted by Crippen LogP contribution is -2.44. The van der Waals surface area contributed by atoms with E-state index in [4.69, 9.17) is 9.84 Å². The molecule has 1 fully saturated rings. The largest absolute Gasteiger partial charge is 0.494 e. The zero-order valence-electron chi connectivity index (χ0n) is 12.5. The van der Waals surface area contributed by atoms with Gasteiger partial charge >= 0.3 is 0 Å². The quantitative estimate of drug-likeness (QED) is 0.722. The summed E-state index contributed by atoms with van der Waals surface area (Å²) in [6.45, 7) is 4.67. The van der Waals surface area contributed by atoms with E-state index in [9.17, 15) is 10.2 Å². The number of hydrogen-bond acceptors (Lipinski definition) is 5. The second-order valence-electron chi connectivity index (χ2n) is 5.57. The van der Waals surface area contributed by atoms with Crippen LogP contribution in [0, 0.1) is 5.92 Å². The van der Waals surface area contributed by atoms with Crippen LogP contribution < -0.4 is 4.74 Å². The molecule has 1 aliphatic heterocycles. The van der Waals surface area contributed by atoms with Crippen molar-refractivity contribution >= 4 is 0 Å². The minimum atomic E-state index is -0.469. The number of β-amino-alcohol motifs (C(OH)–C–C–N with tert-alkyl or cyclic N) is 1. The van der Waals surface area contributed by atoms with Crippen molar-refractivity contribution in [3.63, 3.8) is 0 Å². The fraction of sp³-hybridized carbons (Fsp3) is 0.625. The van der Waals surface area contributed by atoms with E-state index in [1.54, 1.807) is 0 Å². The summed E-state index contributed by atoms with van der Waals surface area (Å²) in [7, 11) is 0. The maximum atomic E-state index is 9.97. The van der Waals surface area contributed by atoms with Crippen molar-refractivity contribution < 1.29 is 20.1 Å². The number of benzene rings is 1. The predicted octanol–water partition coefficient (Wildman–Crippen LogP) is 0.753. The number of ether oxygens (including phenoxy) is 1. The van der Waals surface area contributed by atoms with Gasteiger partial charge in [0.1, 0.15) is 5.75 Å². The van der Waals surface area contributed by atoms with Gasteiger partial charge in [0.15, 0.2) is 0 Å². The number of likely N-dealkylation sites (tertiary alicyclic amines) is 1. The Morgan fingerprint density at radius 3 is 2.76 bits per heavy atom. The highest BCUT2D eigenvalue weighted by Gasteiger charge is 2.26. The standard InChI is InChI=1S/C16H25NO4/c1-2-21-16-4-3-12(7-14(16)11-19)8-17-6-5-13(10-18)15(20)9-17/h3-4,7,13,15,18-20H,2,5-6,8-11H2,1H3/t13-,15-/m1/s1. The molecule has 0 aliphatic carbocycles. The van der Waals surface area contributed by atoms with Crippen molar-refractivity contribution in [3.05, 3.63) is 29.3 Å². The normalized spacial score (nSPS) is 23.2. The SMILES string of the molecule is CCOc1ccc(CN2CC[C@H](CO)[C@H](O)C2)cc1CO. The summed E-state index contributed by atoms with van der Waals surface area (Å²) in [5, 5.41) is 28.6. The van der Waals surface area contributed by atoms with E-state index < -0.39 is 6.10 Å². The summed E-state index contributed by atoms with van der Waals surface area (Å²) in [5.74, 6) is 0.720. The summed E-state index contributed by atoms with van der Waals surface area (Å²) >= 11 is 0. The first-order chi connectivity index (χ1) is 10.2. The van der Waals surface area contributed by atoms with E-state index in [0.717, 1.165) is 36.4 Å². The highest BCUT2D eigenvalue weighted by molar-refractivity contribution is 5.37. The maximum Gasteiger partial charge on any atom is 0.124 e. The summed E-state index contributed by atoms with van der Waals surface area (Å²) in [4.78, 5) is 2.17. The summed E-state index contributed by atoms with van der Waals surface area (Å²) in [5.41, 5.74) is 1.89. The summed E-state index contributed by atoms with van der Waals surface area (Å²) in [6, 6.07) is 5.84. The van der Waals surface area contributed by atoms with Gasteiger partial charge < -0.3 is 20.1 Å². The van der Waals surface area contributed by atoms with Crippen LogP contribution in [0.2, 0.25) is 0 Å². The van der Waals surface area contributed by atoms with Crippen molar-refractivity contribution in [1.29, 1.82) is 0 Å². The molecule has 1 aliphatic rings. The third-order valence-electron chi connectivity index (χ3n) is 4.04. The van der Waals surface area contributed by atoms with E-state index in [2.05, 4.69) is 4.90 Å². The lowest BCUT2D eigenvalue weighted by Gasteiger charge is -2.35. The third kappa shape index (κ3) is 4.17. The fourth-order valence-corrected chi connectivity index (χ4v) is 2.81. The van der Waals surface area contributed by atoms with Crippen LogP contribution in [0.5, 0.6) is 5.75 Å². The highest BCUT2D eigenvalue weighted by Crippen LogP contribution is 2.23. The van der Waals surface area contributed by atoms with Crippen molar-refractivity contribution in [2.75, 3.05) is 26.3 Å². The molecule has 0 amide bonds. The van der Waals surface area contributed by atoms with E-state index in [0.29, 0.717) is 13.2 Å². The molecule has 5 heteroatoms. The smallest absolute Gasteiger partial charge is 0.124 e. The highest BCUT2D eigenvalue weighted by atomic mass is 16.5. The van der Waals surface area contributed by atoms with Gasteiger partial charge in [-0.2, -0.15) is 0 Å². The molecule has 0 saturated carbocycles. The Hall–Kier alpha value is -1.14. The van der Waals surface area contributed by atoms with Crippen LogP contribution >= 0.6 is 0 Å². The Balaban J connectivity index is 2.00. The van der Waals surface area contributed by atoms with Crippen LogP contribution in [0.1, 0.15) is 24.5 Å². The van der Waals surface area contributed by atoms with Gasteiger partial charge in [0.05, 0.1) is 19.3 Å². The van der Waals surface area contributed by atoms with Crippen LogP contribution in [0.3, 0.4) is 0 Å². The molecule has 0 aromatic heterocycles. The van der Waals surface area contributed by atoms with Crippen molar-refractivity contribution in [2.24, 2.45) is 5.92 Å². The predicted molar refractivity (Wildman–Crippen MR) is 80.0 cm³/mol. The van der Waals surface area contributed by atoms with Crippen LogP contribution in [-0.2, 0) is 13.2 Å². The molecule has 21 heavy (non-hydrogen) atoms. The molecule has 0 unspecified atom stereocenters. The molecular weight excluding hydrogens is 270 g/mol. The van der Waals surface area contributed by atoms with Crippen LogP contribution in [0.25, 0.3) is 0 Å². The Morgan fingerprint density at radius 2 is 2.14 bits per heavy atom. The first-order valence-corrected chi connectivity index (χ1v) is 7.54. The van der Waals surface area contributed by atoms with E-state index in [1.165, 1.54) is 0 Å². The first kappa shape index (κ1) is 16.2. The van der Waals surface area contributed by atoms with Gasteiger partial charge in [0, 0.05) is 31.2 Å². The zero-order valence-corrected chi connectivity index (χ0v) is 12.5. The maximum absolute atomic E-state index is 9.97. The van der Waals surface area contributed by atoms with E-state index in [1.807, 2.05) is 25.1 Å². The fourth-order valence-electron chi connectivity index (χ4n) is 2.81. The number of nitrogens with zero attached hydrogens (tertiary/aromatic N) is 1. The van der Waals surface area contributed by atoms with Crippen molar-refractivity contribution in [2.45, 2.75) is 32.6 Å². The molecule has 2 atom stereocenters. The van der Waals surface area contributed by atoms with Gasteiger partial charge in [0.25, 0.3) is 0 Å². The Kier molecular flexibility index (Phi) is 5.99. The second kappa shape index (κ2) is 7.75. The van der Waals surface area contributed by atoms with Gasteiger partial charge in [-0.1, -0.05) is 6.07 Å². The van der Waals surface area contributed by atoms with Crippen molar-refractivity contribution in [3.8, 4) is 5.75 Å². The molecule has 3 N–H and O–H groups in total. The lowest BCUT2D eigenvalue weighted by molar-refractivity contribution is -0.00445. The molecule has 1 saturated heterocycles. The summed E-state index contributed by atoms with van der Waals surface area (Å²) in [6.07, 6.45) is 0.338. The van der Waals surface area contributed by atoms with Gasteiger partial charge in [0.2, 0.25) is 0 Å². The number of rotatable bonds is 6. The monoisotopic (exact) mass is 295 g/mol. The molecule has 0 spiro atoms. The minimum absolute atomic E-state index is 0.00502. The molecular formula is C16H25NO4. The molecule has 1 aromatic carbocycles. The van der Waals surface area contributed by atoms with E-state index in [-0.39, 0.29) is 19.1 Å². The third-order valence-corrected chi connectivity index (χ3v) is 4.04. The minimum Gasteiger partial charge on any atom is -0.494 e.